The molecule has 0 atom stereocenters. The monoisotopic (exact) mass is 488 g/mol. The fourth-order valence-electron chi connectivity index (χ4n) is 3.15. The van der Waals surface area contributed by atoms with Gasteiger partial charge in [0, 0.05) is 6.21 Å². The van der Waals surface area contributed by atoms with E-state index in [1.54, 1.807) is 36.5 Å². The molecule has 7 heteroatoms. The highest BCUT2D eigenvalue weighted by Crippen LogP contribution is 2.27. The second kappa shape index (κ2) is 11.3. The lowest BCUT2D eigenvalue weighted by Gasteiger charge is -2.10. The lowest BCUT2D eigenvalue weighted by atomic mass is 10.2. The Labute approximate surface area is 207 Å². The number of aliphatic imine (C=N–C) groups is 1. The predicted octanol–water partition coefficient (Wildman–Crippen LogP) is 7.35. The number of nitrogens with zero attached hydrogens (tertiary/aromatic N) is 1. The number of aryl methyl sites for hydroxylation is 1. The first kappa shape index (κ1) is 24.0. The molecule has 5 nitrogen and oxygen atoms in total. The van der Waals surface area contributed by atoms with Gasteiger partial charge in [-0.25, -0.2) is 4.39 Å². The van der Waals surface area contributed by atoms with Gasteiger partial charge in [0.15, 0.2) is 6.61 Å². The molecule has 0 radical (unpaired) electrons. The molecule has 0 heterocycles. The van der Waals surface area contributed by atoms with Crippen molar-refractivity contribution in [1.82, 2.24) is 0 Å². The Kier molecular flexibility index (Phi) is 7.75. The quantitative estimate of drug-likeness (QED) is 0.264. The Balaban J connectivity index is 1.32. The highest BCUT2D eigenvalue weighted by molar-refractivity contribution is 6.32. The predicted molar refractivity (Wildman–Crippen MR) is 137 cm³/mol. The van der Waals surface area contributed by atoms with Crippen LogP contribution < -0.4 is 14.8 Å². The van der Waals surface area contributed by atoms with E-state index in [-0.39, 0.29) is 12.3 Å². The zero-order valence-electron chi connectivity index (χ0n) is 18.9. The zero-order valence-corrected chi connectivity index (χ0v) is 19.6. The summed E-state index contributed by atoms with van der Waals surface area (Å²) in [5.41, 5.74) is 2.67. The number of benzene rings is 4. The largest absolute Gasteiger partial charge is 0.482 e. The number of carbonyl (C=O) groups excluding carboxylic acids is 1. The molecule has 0 aliphatic rings. The van der Waals surface area contributed by atoms with Gasteiger partial charge in [-0.05, 0) is 78.7 Å². The van der Waals surface area contributed by atoms with E-state index in [0.717, 1.165) is 28.3 Å². The summed E-state index contributed by atoms with van der Waals surface area (Å²) in [6.45, 7) is 1.69. The summed E-state index contributed by atoms with van der Waals surface area (Å²) in [7, 11) is 0. The molecule has 35 heavy (non-hydrogen) atoms. The van der Waals surface area contributed by atoms with E-state index in [1.807, 2.05) is 55.5 Å². The number of ether oxygens (including phenoxy) is 2. The number of carbonyl (C=O) groups is 1. The molecule has 0 aliphatic heterocycles. The number of nitrogens with one attached hydrogen (secondary N) is 1. The van der Waals surface area contributed by atoms with E-state index < -0.39 is 11.7 Å². The maximum absolute atomic E-state index is 13.6. The van der Waals surface area contributed by atoms with Crippen molar-refractivity contribution in [2.75, 3.05) is 11.9 Å². The van der Waals surface area contributed by atoms with Gasteiger partial charge in [0.2, 0.25) is 0 Å². The lowest BCUT2D eigenvalue weighted by molar-refractivity contribution is -0.118. The van der Waals surface area contributed by atoms with Gasteiger partial charge in [-0.1, -0.05) is 41.9 Å². The topological polar surface area (TPSA) is 59.9 Å². The van der Waals surface area contributed by atoms with Gasteiger partial charge in [-0.2, -0.15) is 0 Å². The number of amides is 1. The van der Waals surface area contributed by atoms with Gasteiger partial charge >= 0.3 is 0 Å². The van der Waals surface area contributed by atoms with Crippen LogP contribution in [0.2, 0.25) is 5.02 Å². The van der Waals surface area contributed by atoms with Crippen LogP contribution in [0.1, 0.15) is 11.1 Å². The summed E-state index contributed by atoms with van der Waals surface area (Å²) in [5.74, 6) is 0.861. The number of anilines is 1. The van der Waals surface area contributed by atoms with E-state index >= 15 is 0 Å². The normalized spacial score (nSPS) is 10.8. The summed E-state index contributed by atoms with van der Waals surface area (Å²) in [6.07, 6.45) is 1.68. The van der Waals surface area contributed by atoms with Crippen molar-refractivity contribution in [3.8, 4) is 17.2 Å². The smallest absolute Gasteiger partial charge is 0.262 e. The first-order chi connectivity index (χ1) is 17.0. The average Bonchev–Trinajstić information content (AvgIpc) is 2.86. The van der Waals surface area contributed by atoms with Crippen molar-refractivity contribution < 1.29 is 18.7 Å². The molecule has 4 aromatic carbocycles. The van der Waals surface area contributed by atoms with Crippen LogP contribution in [0.3, 0.4) is 0 Å². The summed E-state index contributed by atoms with van der Waals surface area (Å²) in [4.78, 5) is 16.5. The van der Waals surface area contributed by atoms with Crippen LogP contribution in [0.15, 0.2) is 96.0 Å². The third-order valence-electron chi connectivity index (χ3n) is 4.98. The molecule has 0 saturated carbocycles. The fourth-order valence-corrected chi connectivity index (χ4v) is 3.40. The summed E-state index contributed by atoms with van der Waals surface area (Å²) >= 11 is 6.30. The lowest BCUT2D eigenvalue weighted by Crippen LogP contribution is -2.20. The number of hydrogen-bond donors (Lipinski definition) is 1. The fraction of sp³-hybridized carbons (Fsp3) is 0.0714. The molecule has 0 unspecified atom stereocenters. The van der Waals surface area contributed by atoms with Crippen molar-refractivity contribution in [3.05, 3.63) is 113 Å². The van der Waals surface area contributed by atoms with Gasteiger partial charge in [-0.15, -0.1) is 0 Å². The third-order valence-corrected chi connectivity index (χ3v) is 5.28. The SMILES string of the molecule is Cc1ccccc1Oc1ccc(N=Cc2ccc(OCC(=O)Nc3ccccc3F)c(Cl)c2)cc1. The molecule has 1 amide bonds. The second-order valence-corrected chi connectivity index (χ2v) is 8.03. The van der Waals surface area contributed by atoms with E-state index in [0.29, 0.717) is 10.8 Å². The van der Waals surface area contributed by atoms with Gasteiger partial charge in [-0.3, -0.25) is 9.79 Å². The van der Waals surface area contributed by atoms with E-state index in [9.17, 15) is 9.18 Å². The molecule has 176 valence electrons. The summed E-state index contributed by atoms with van der Waals surface area (Å²) in [5, 5.41) is 2.79. The molecular formula is C28H22ClFN2O3. The van der Waals surface area contributed by atoms with Crippen LogP contribution in [-0.4, -0.2) is 18.7 Å². The molecule has 4 aromatic rings. The van der Waals surface area contributed by atoms with Crippen molar-refractivity contribution in [3.63, 3.8) is 0 Å². The van der Waals surface area contributed by atoms with Crippen LogP contribution in [0.4, 0.5) is 15.8 Å². The first-order valence-corrected chi connectivity index (χ1v) is 11.2. The maximum atomic E-state index is 13.6. The molecule has 0 fully saturated rings. The number of halogens is 2. The molecule has 4 rings (SSSR count). The molecule has 0 aromatic heterocycles. The van der Waals surface area contributed by atoms with Gasteiger partial charge in [0.05, 0.1) is 16.4 Å². The van der Waals surface area contributed by atoms with Crippen LogP contribution in [0, 0.1) is 12.7 Å². The van der Waals surface area contributed by atoms with Crippen molar-refractivity contribution >= 4 is 35.1 Å². The van der Waals surface area contributed by atoms with Crippen molar-refractivity contribution in [2.45, 2.75) is 6.92 Å². The Bertz CT molecular complexity index is 1360. The number of para-hydroxylation sites is 2. The Hall–Kier alpha value is -4.16. The third kappa shape index (κ3) is 6.68. The molecule has 0 saturated heterocycles. The highest BCUT2D eigenvalue weighted by Gasteiger charge is 2.09. The number of hydrogen-bond acceptors (Lipinski definition) is 4. The molecule has 0 bridgehead atoms. The highest BCUT2D eigenvalue weighted by atomic mass is 35.5. The second-order valence-electron chi connectivity index (χ2n) is 7.63. The molecule has 1 N–H and O–H groups in total. The van der Waals surface area contributed by atoms with Crippen LogP contribution in [0.5, 0.6) is 17.2 Å². The minimum Gasteiger partial charge on any atom is -0.482 e. The van der Waals surface area contributed by atoms with Crippen LogP contribution in [-0.2, 0) is 4.79 Å². The van der Waals surface area contributed by atoms with Gasteiger partial charge in [0.25, 0.3) is 5.91 Å². The molecule has 0 aliphatic carbocycles. The van der Waals surface area contributed by atoms with E-state index in [1.165, 1.54) is 12.1 Å². The summed E-state index contributed by atoms with van der Waals surface area (Å²) < 4.78 is 25.0. The Morgan fingerprint density at radius 3 is 2.46 bits per heavy atom. The summed E-state index contributed by atoms with van der Waals surface area (Å²) in [6, 6.07) is 26.3. The maximum Gasteiger partial charge on any atom is 0.262 e. The molecule has 0 spiro atoms. The minimum absolute atomic E-state index is 0.0912. The van der Waals surface area contributed by atoms with Gasteiger partial charge in [0.1, 0.15) is 23.1 Å². The Morgan fingerprint density at radius 1 is 0.971 bits per heavy atom. The molecular weight excluding hydrogens is 467 g/mol. The average molecular weight is 489 g/mol. The standard InChI is InChI=1S/C28H22ClFN2O3/c1-19-6-2-5-9-26(19)35-22-13-11-21(12-14-22)31-17-20-10-15-27(23(29)16-20)34-18-28(33)32-25-8-4-3-7-24(25)30/h2-17H,18H2,1H3,(H,32,33). The van der Waals surface area contributed by atoms with Crippen LogP contribution >= 0.6 is 11.6 Å². The van der Waals surface area contributed by atoms with E-state index in [4.69, 9.17) is 21.1 Å². The zero-order chi connectivity index (χ0) is 24.6. The van der Waals surface area contributed by atoms with Crippen molar-refractivity contribution in [2.24, 2.45) is 4.99 Å². The van der Waals surface area contributed by atoms with Gasteiger partial charge < -0.3 is 14.8 Å². The van der Waals surface area contributed by atoms with Crippen LogP contribution in [0.25, 0.3) is 0 Å². The Morgan fingerprint density at radius 2 is 1.71 bits per heavy atom. The minimum atomic E-state index is -0.518. The van der Waals surface area contributed by atoms with E-state index in [2.05, 4.69) is 10.3 Å². The number of rotatable bonds is 8. The first-order valence-electron chi connectivity index (χ1n) is 10.8. The van der Waals surface area contributed by atoms with Crippen molar-refractivity contribution in [1.29, 1.82) is 0 Å².